The van der Waals surface area contributed by atoms with Gasteiger partial charge in [0.2, 0.25) is 0 Å². The van der Waals surface area contributed by atoms with Gasteiger partial charge in [0.25, 0.3) is 5.91 Å². The minimum absolute atomic E-state index is 0. The summed E-state index contributed by atoms with van der Waals surface area (Å²) in [4.78, 5) is 27.9. The molecule has 4 N–H and O–H groups in total. The van der Waals surface area contributed by atoms with E-state index in [4.69, 9.17) is 23.1 Å². The molecular weight excluding hydrogens is 304 g/mol. The van der Waals surface area contributed by atoms with Crippen molar-refractivity contribution in [3.63, 3.8) is 0 Å². The summed E-state index contributed by atoms with van der Waals surface area (Å²) in [5.74, 6) is -0.786. The number of amides is 1. The first-order valence-corrected chi connectivity index (χ1v) is 6.85. The number of aromatic nitrogens is 1. The van der Waals surface area contributed by atoms with Crippen molar-refractivity contribution < 1.29 is 9.59 Å². The zero-order chi connectivity index (χ0) is 15.1. The molecule has 0 bridgehead atoms. The van der Waals surface area contributed by atoms with Crippen molar-refractivity contribution in [1.29, 1.82) is 0 Å². The number of nitrogens with zero attached hydrogens (tertiary/aromatic N) is 2. The van der Waals surface area contributed by atoms with Crippen molar-refractivity contribution in [2.24, 2.45) is 16.5 Å². The molecule has 0 saturated carbocycles. The van der Waals surface area contributed by atoms with Gasteiger partial charge in [0, 0.05) is 23.9 Å². The lowest BCUT2D eigenvalue weighted by Crippen LogP contribution is -2.24. The molecule has 0 radical (unpaired) electrons. The van der Waals surface area contributed by atoms with Crippen LogP contribution in [0.25, 0.3) is 10.9 Å². The molecule has 1 aliphatic rings. The average molecular weight is 321 g/mol. The Morgan fingerprint density at radius 2 is 2.05 bits per heavy atom. The van der Waals surface area contributed by atoms with Crippen LogP contribution >= 0.6 is 11.6 Å². The van der Waals surface area contributed by atoms with Gasteiger partial charge in [0.15, 0.2) is 11.7 Å². The van der Waals surface area contributed by atoms with Crippen molar-refractivity contribution in [3.05, 3.63) is 34.5 Å². The SMILES string of the molecule is C.NC(N)=NC(=O)c1cc2c(Cl)ccc3c2n1CCCC3=O. The molecule has 2 heterocycles. The summed E-state index contributed by atoms with van der Waals surface area (Å²) in [6.07, 6.45) is 1.09. The molecule has 6 nitrogen and oxygen atoms in total. The molecule has 0 unspecified atom stereocenters. The van der Waals surface area contributed by atoms with E-state index in [0.29, 0.717) is 46.6 Å². The highest BCUT2D eigenvalue weighted by Crippen LogP contribution is 2.33. The van der Waals surface area contributed by atoms with Crippen LogP contribution in [0.5, 0.6) is 0 Å². The van der Waals surface area contributed by atoms with Gasteiger partial charge in [-0.2, -0.15) is 4.99 Å². The molecule has 1 aromatic heterocycles. The Balaban J connectivity index is 0.00000176. The number of aliphatic imine (C=N–C) groups is 1. The standard InChI is InChI=1S/C14H13ClN4O2.CH4/c15-9-4-3-7-11(20)2-1-5-19-10(6-8(9)12(7)19)13(21)18-14(16)17;/h3-4,6H,1-2,5H2,(H4,16,17,18,21);1H4. The molecule has 2 aromatic rings. The third-order valence-electron chi connectivity index (χ3n) is 3.54. The summed E-state index contributed by atoms with van der Waals surface area (Å²) in [7, 11) is 0. The van der Waals surface area contributed by atoms with Crippen LogP contribution in [-0.2, 0) is 6.54 Å². The maximum absolute atomic E-state index is 12.2. The fraction of sp³-hybridized carbons (Fsp3) is 0.267. The largest absolute Gasteiger partial charge is 0.370 e. The smallest absolute Gasteiger partial charge is 0.296 e. The fourth-order valence-corrected chi connectivity index (χ4v) is 2.90. The number of rotatable bonds is 1. The number of aryl methyl sites for hydroxylation is 1. The Labute approximate surface area is 132 Å². The van der Waals surface area contributed by atoms with Gasteiger partial charge < -0.3 is 16.0 Å². The number of carbonyl (C=O) groups is 2. The average Bonchev–Trinajstić information content (AvgIpc) is 2.71. The van der Waals surface area contributed by atoms with Crippen LogP contribution in [0.1, 0.15) is 41.1 Å². The zero-order valence-electron chi connectivity index (χ0n) is 11.1. The predicted octanol–water partition coefficient (Wildman–Crippen LogP) is 2.32. The van der Waals surface area contributed by atoms with E-state index in [0.717, 1.165) is 0 Å². The van der Waals surface area contributed by atoms with Crippen LogP contribution in [0, 0.1) is 0 Å². The Kier molecular flexibility index (Phi) is 4.23. The van der Waals surface area contributed by atoms with Gasteiger partial charge >= 0.3 is 0 Å². The first-order chi connectivity index (χ1) is 9.99. The van der Waals surface area contributed by atoms with E-state index >= 15 is 0 Å². The molecule has 0 aliphatic carbocycles. The van der Waals surface area contributed by atoms with Gasteiger partial charge in [-0.05, 0) is 24.6 Å². The van der Waals surface area contributed by atoms with Crippen LogP contribution in [-0.4, -0.2) is 22.2 Å². The molecule has 22 heavy (non-hydrogen) atoms. The molecule has 1 amide bonds. The molecule has 1 aliphatic heterocycles. The minimum atomic E-state index is -0.539. The molecule has 116 valence electrons. The predicted molar refractivity (Wildman–Crippen MR) is 87.4 cm³/mol. The van der Waals surface area contributed by atoms with Crippen molar-refractivity contribution >= 4 is 40.2 Å². The molecule has 0 fully saturated rings. The summed E-state index contributed by atoms with van der Waals surface area (Å²) in [6.45, 7) is 0.545. The number of halogens is 1. The highest BCUT2D eigenvalue weighted by atomic mass is 35.5. The number of guanidine groups is 1. The summed E-state index contributed by atoms with van der Waals surface area (Å²) in [5.41, 5.74) is 12.1. The molecule has 0 spiro atoms. The van der Waals surface area contributed by atoms with Crippen LogP contribution in [0.2, 0.25) is 5.02 Å². The number of ketones is 1. The van der Waals surface area contributed by atoms with Gasteiger partial charge in [-0.15, -0.1) is 0 Å². The third-order valence-corrected chi connectivity index (χ3v) is 3.87. The maximum Gasteiger partial charge on any atom is 0.296 e. The minimum Gasteiger partial charge on any atom is -0.370 e. The first-order valence-electron chi connectivity index (χ1n) is 6.48. The Hall–Kier alpha value is -2.34. The van der Waals surface area contributed by atoms with Crippen molar-refractivity contribution in [2.75, 3.05) is 0 Å². The number of benzene rings is 1. The molecule has 3 rings (SSSR count). The second kappa shape index (κ2) is 5.81. The van der Waals surface area contributed by atoms with Crippen LogP contribution in [0.4, 0.5) is 0 Å². The lowest BCUT2D eigenvalue weighted by Gasteiger charge is -2.07. The van der Waals surface area contributed by atoms with E-state index in [1.54, 1.807) is 22.8 Å². The highest BCUT2D eigenvalue weighted by Gasteiger charge is 2.24. The summed E-state index contributed by atoms with van der Waals surface area (Å²) >= 11 is 6.19. The van der Waals surface area contributed by atoms with Gasteiger partial charge in [-0.3, -0.25) is 9.59 Å². The van der Waals surface area contributed by atoms with Crippen LogP contribution in [0.15, 0.2) is 23.2 Å². The van der Waals surface area contributed by atoms with Crippen molar-refractivity contribution in [3.8, 4) is 0 Å². The van der Waals surface area contributed by atoms with Gasteiger partial charge in [-0.1, -0.05) is 19.0 Å². The molecular formula is C15H17ClN4O2. The van der Waals surface area contributed by atoms with E-state index in [2.05, 4.69) is 4.99 Å². The van der Waals surface area contributed by atoms with E-state index in [1.807, 2.05) is 0 Å². The highest BCUT2D eigenvalue weighted by molar-refractivity contribution is 6.36. The van der Waals surface area contributed by atoms with Crippen LogP contribution < -0.4 is 11.5 Å². The number of nitrogens with two attached hydrogens (primary N) is 2. The number of carbonyl (C=O) groups excluding carboxylic acids is 2. The van der Waals surface area contributed by atoms with Gasteiger partial charge in [-0.25, -0.2) is 0 Å². The van der Waals surface area contributed by atoms with Gasteiger partial charge in [0.05, 0.1) is 10.5 Å². The Bertz CT molecular complexity index is 803. The Morgan fingerprint density at radius 1 is 1.32 bits per heavy atom. The van der Waals surface area contributed by atoms with E-state index in [1.165, 1.54) is 0 Å². The second-order valence-electron chi connectivity index (χ2n) is 4.91. The van der Waals surface area contributed by atoms with Crippen molar-refractivity contribution in [1.82, 2.24) is 4.57 Å². The van der Waals surface area contributed by atoms with E-state index < -0.39 is 5.91 Å². The topological polar surface area (TPSA) is 103 Å². The lowest BCUT2D eigenvalue weighted by atomic mass is 10.1. The van der Waals surface area contributed by atoms with Gasteiger partial charge in [0.1, 0.15) is 5.69 Å². The summed E-state index contributed by atoms with van der Waals surface area (Å²) < 4.78 is 1.77. The fourth-order valence-electron chi connectivity index (χ4n) is 2.69. The quantitative estimate of drug-likeness (QED) is 0.621. The molecule has 0 atom stereocenters. The summed E-state index contributed by atoms with van der Waals surface area (Å²) in [5, 5.41) is 1.15. The maximum atomic E-state index is 12.2. The molecule has 0 saturated heterocycles. The summed E-state index contributed by atoms with van der Waals surface area (Å²) in [6, 6.07) is 5.00. The lowest BCUT2D eigenvalue weighted by molar-refractivity contribution is 0.0981. The number of hydrogen-bond donors (Lipinski definition) is 2. The third kappa shape index (κ3) is 2.46. The molecule has 7 heteroatoms. The monoisotopic (exact) mass is 320 g/mol. The first kappa shape index (κ1) is 16.0. The second-order valence-corrected chi connectivity index (χ2v) is 5.31. The van der Waals surface area contributed by atoms with E-state index in [-0.39, 0.29) is 19.2 Å². The molecule has 1 aromatic carbocycles. The Morgan fingerprint density at radius 3 is 2.73 bits per heavy atom. The number of hydrogen-bond acceptors (Lipinski definition) is 2. The normalized spacial score (nSPS) is 13.4. The van der Waals surface area contributed by atoms with Crippen LogP contribution in [0.3, 0.4) is 0 Å². The van der Waals surface area contributed by atoms with E-state index in [9.17, 15) is 9.59 Å². The zero-order valence-corrected chi connectivity index (χ0v) is 11.9. The van der Waals surface area contributed by atoms with Crippen molar-refractivity contribution in [2.45, 2.75) is 26.8 Å². The number of Topliss-reactive ketones (excluding diaryl/α,β-unsaturated/α-hetero) is 1.